The van der Waals surface area contributed by atoms with Crippen LogP contribution >= 0.6 is 0 Å². The zero-order valence-corrected chi connectivity index (χ0v) is 8.55. The number of aromatic nitrogens is 2. The summed E-state index contributed by atoms with van der Waals surface area (Å²) in [4.78, 5) is 11.3. The minimum absolute atomic E-state index is 0.294. The first kappa shape index (κ1) is 12.3. The quantitative estimate of drug-likeness (QED) is 0.789. The van der Waals surface area contributed by atoms with Crippen LogP contribution in [0, 0.1) is 11.6 Å². The van der Waals surface area contributed by atoms with Crippen LogP contribution in [0.15, 0.2) is 29.1 Å². The van der Waals surface area contributed by atoms with Gasteiger partial charge >= 0.3 is 6.18 Å². The SMILES string of the molecule is O=c1cc(C(F)(F)F)[nH]n1-c1ccc(F)cc1F. The minimum Gasteiger partial charge on any atom is -0.286 e. The highest BCUT2D eigenvalue weighted by Crippen LogP contribution is 2.27. The van der Waals surface area contributed by atoms with Crippen molar-refractivity contribution in [3.05, 3.63) is 51.9 Å². The molecule has 0 fully saturated rings. The fourth-order valence-electron chi connectivity index (χ4n) is 1.38. The molecule has 0 saturated carbocycles. The van der Waals surface area contributed by atoms with Crippen LogP contribution in [0.2, 0.25) is 0 Å². The zero-order chi connectivity index (χ0) is 13.5. The molecule has 0 aliphatic rings. The highest BCUT2D eigenvalue weighted by molar-refractivity contribution is 5.33. The van der Waals surface area contributed by atoms with Gasteiger partial charge in [0.25, 0.3) is 5.56 Å². The lowest BCUT2D eigenvalue weighted by molar-refractivity contribution is -0.141. The highest BCUT2D eigenvalue weighted by atomic mass is 19.4. The molecular formula is C10H5F5N2O. The zero-order valence-electron chi connectivity index (χ0n) is 8.55. The van der Waals surface area contributed by atoms with Crippen LogP contribution in [0.25, 0.3) is 5.69 Å². The first-order valence-corrected chi connectivity index (χ1v) is 4.64. The topological polar surface area (TPSA) is 37.8 Å². The summed E-state index contributed by atoms with van der Waals surface area (Å²) in [5.74, 6) is -2.04. The molecule has 0 saturated heterocycles. The first-order valence-electron chi connectivity index (χ1n) is 4.64. The lowest BCUT2D eigenvalue weighted by Crippen LogP contribution is -2.15. The van der Waals surface area contributed by atoms with E-state index in [2.05, 4.69) is 0 Å². The molecule has 1 heterocycles. The van der Waals surface area contributed by atoms with E-state index in [9.17, 15) is 26.7 Å². The molecule has 0 spiro atoms. The third-order valence-electron chi connectivity index (χ3n) is 2.18. The van der Waals surface area contributed by atoms with Gasteiger partial charge in [0.2, 0.25) is 0 Å². The van der Waals surface area contributed by atoms with Gasteiger partial charge in [0, 0.05) is 12.1 Å². The first-order chi connectivity index (χ1) is 8.29. The number of nitrogens with one attached hydrogen (secondary N) is 1. The van der Waals surface area contributed by atoms with Crippen LogP contribution in [-0.2, 0) is 6.18 Å². The van der Waals surface area contributed by atoms with Gasteiger partial charge in [-0.1, -0.05) is 0 Å². The van der Waals surface area contributed by atoms with Gasteiger partial charge in [-0.2, -0.15) is 13.2 Å². The lowest BCUT2D eigenvalue weighted by atomic mass is 10.3. The Morgan fingerprint density at radius 2 is 1.78 bits per heavy atom. The van der Waals surface area contributed by atoms with Gasteiger partial charge in [0.1, 0.15) is 17.2 Å². The fraction of sp³-hybridized carbons (Fsp3) is 0.100. The van der Waals surface area contributed by atoms with E-state index in [0.29, 0.717) is 16.8 Å². The van der Waals surface area contributed by atoms with E-state index in [4.69, 9.17) is 0 Å². The molecule has 2 aromatic rings. The monoisotopic (exact) mass is 264 g/mol. The van der Waals surface area contributed by atoms with Crippen molar-refractivity contribution in [1.82, 2.24) is 9.78 Å². The van der Waals surface area contributed by atoms with Crippen molar-refractivity contribution >= 4 is 0 Å². The predicted molar refractivity (Wildman–Crippen MR) is 51.3 cm³/mol. The van der Waals surface area contributed by atoms with Crippen molar-refractivity contribution in [3.63, 3.8) is 0 Å². The molecule has 3 nitrogen and oxygen atoms in total. The second-order valence-corrected chi connectivity index (χ2v) is 3.44. The molecule has 0 atom stereocenters. The number of nitrogens with zero attached hydrogens (tertiary/aromatic N) is 1. The fourth-order valence-corrected chi connectivity index (χ4v) is 1.38. The van der Waals surface area contributed by atoms with Crippen molar-refractivity contribution in [2.75, 3.05) is 0 Å². The Morgan fingerprint density at radius 3 is 2.28 bits per heavy atom. The molecule has 1 N–H and O–H groups in total. The van der Waals surface area contributed by atoms with E-state index < -0.39 is 34.8 Å². The Labute approximate surface area is 96.4 Å². The molecule has 8 heteroatoms. The number of aromatic amines is 1. The van der Waals surface area contributed by atoms with Gasteiger partial charge < -0.3 is 0 Å². The van der Waals surface area contributed by atoms with Gasteiger partial charge in [-0.15, -0.1) is 0 Å². The maximum atomic E-state index is 13.3. The molecule has 1 aromatic heterocycles. The maximum absolute atomic E-state index is 13.3. The molecule has 0 amide bonds. The third kappa shape index (κ3) is 2.13. The summed E-state index contributed by atoms with van der Waals surface area (Å²) in [6.07, 6.45) is -4.75. The summed E-state index contributed by atoms with van der Waals surface area (Å²) in [6.45, 7) is 0. The minimum atomic E-state index is -4.75. The van der Waals surface area contributed by atoms with Gasteiger partial charge in [-0.3, -0.25) is 9.89 Å². The number of alkyl halides is 3. The van der Waals surface area contributed by atoms with Crippen molar-refractivity contribution < 1.29 is 22.0 Å². The van der Waals surface area contributed by atoms with Crippen LogP contribution in [0.1, 0.15) is 5.69 Å². The maximum Gasteiger partial charge on any atom is 0.432 e. The largest absolute Gasteiger partial charge is 0.432 e. The van der Waals surface area contributed by atoms with Crippen molar-refractivity contribution in [2.24, 2.45) is 0 Å². The van der Waals surface area contributed by atoms with Crippen LogP contribution in [-0.4, -0.2) is 9.78 Å². The highest BCUT2D eigenvalue weighted by Gasteiger charge is 2.33. The molecule has 0 unspecified atom stereocenters. The molecule has 0 aliphatic heterocycles. The average molecular weight is 264 g/mol. The van der Waals surface area contributed by atoms with Crippen LogP contribution < -0.4 is 5.56 Å². The molecule has 0 radical (unpaired) electrons. The Morgan fingerprint density at radius 1 is 1.11 bits per heavy atom. The van der Waals surface area contributed by atoms with E-state index in [0.717, 1.165) is 12.1 Å². The summed E-state index contributed by atoms with van der Waals surface area (Å²) in [5, 5.41) is 1.71. The van der Waals surface area contributed by atoms with Gasteiger partial charge in [0.05, 0.1) is 0 Å². The number of hydrogen-bond donors (Lipinski definition) is 1. The van der Waals surface area contributed by atoms with E-state index in [-0.39, 0.29) is 0 Å². The van der Waals surface area contributed by atoms with E-state index >= 15 is 0 Å². The van der Waals surface area contributed by atoms with Gasteiger partial charge in [-0.05, 0) is 12.1 Å². The summed E-state index contributed by atoms with van der Waals surface area (Å²) in [6, 6.07) is 2.46. The second kappa shape index (κ2) is 3.97. The number of rotatable bonds is 1. The predicted octanol–water partition coefficient (Wildman–Crippen LogP) is 2.46. The summed E-state index contributed by atoms with van der Waals surface area (Å²) in [7, 11) is 0. The molecule has 0 aliphatic carbocycles. The molecular weight excluding hydrogens is 259 g/mol. The molecule has 1 aromatic carbocycles. The normalized spacial score (nSPS) is 11.8. The second-order valence-electron chi connectivity index (χ2n) is 3.44. The molecule has 2 rings (SSSR count). The Bertz CT molecular complexity index is 640. The summed E-state index contributed by atoms with van der Waals surface area (Å²) >= 11 is 0. The molecule has 96 valence electrons. The van der Waals surface area contributed by atoms with Gasteiger partial charge in [-0.25, -0.2) is 13.5 Å². The van der Waals surface area contributed by atoms with E-state index in [1.54, 1.807) is 5.10 Å². The van der Waals surface area contributed by atoms with Crippen molar-refractivity contribution in [3.8, 4) is 5.69 Å². The lowest BCUT2D eigenvalue weighted by Gasteiger charge is -2.05. The Balaban J connectivity index is 2.58. The van der Waals surface area contributed by atoms with E-state index in [1.165, 1.54) is 0 Å². The van der Waals surface area contributed by atoms with Crippen molar-refractivity contribution in [1.29, 1.82) is 0 Å². The van der Waals surface area contributed by atoms with Crippen LogP contribution in [0.4, 0.5) is 22.0 Å². The standard InChI is InChI=1S/C10H5F5N2O/c11-5-1-2-7(6(12)3-5)17-9(18)4-8(16-17)10(13,14)15/h1-4,16H. The van der Waals surface area contributed by atoms with Crippen molar-refractivity contribution in [2.45, 2.75) is 6.18 Å². The number of halogens is 5. The van der Waals surface area contributed by atoms with Crippen LogP contribution in [0.3, 0.4) is 0 Å². The smallest absolute Gasteiger partial charge is 0.286 e. The third-order valence-corrected chi connectivity index (χ3v) is 2.18. The Hall–Kier alpha value is -2.12. The average Bonchev–Trinajstić information content (AvgIpc) is 2.60. The summed E-state index contributed by atoms with van der Waals surface area (Å²) in [5.41, 5.74) is -2.89. The number of hydrogen-bond acceptors (Lipinski definition) is 1. The molecule has 0 bridgehead atoms. The van der Waals surface area contributed by atoms with Crippen LogP contribution in [0.5, 0.6) is 0 Å². The van der Waals surface area contributed by atoms with E-state index in [1.807, 2.05) is 0 Å². The Kier molecular flexibility index (Phi) is 2.72. The van der Waals surface area contributed by atoms with Gasteiger partial charge in [0.15, 0.2) is 5.82 Å². The number of H-pyrrole nitrogens is 1. The molecule has 18 heavy (non-hydrogen) atoms. The number of benzene rings is 1. The summed E-state index contributed by atoms with van der Waals surface area (Å²) < 4.78 is 63.3.